The number of carbonyl (C=O) groups excluding carboxylic acids is 1. The Morgan fingerprint density at radius 1 is 0.935 bits per heavy atom. The number of aromatic nitrogens is 3. The molecule has 0 radical (unpaired) electrons. The molecule has 2 fully saturated rings. The van der Waals surface area contributed by atoms with Crippen LogP contribution in [0.4, 0.5) is 0 Å². The van der Waals surface area contributed by atoms with Gasteiger partial charge in [0, 0.05) is 19.0 Å². The van der Waals surface area contributed by atoms with Crippen molar-refractivity contribution in [3.63, 3.8) is 0 Å². The van der Waals surface area contributed by atoms with Gasteiger partial charge < -0.3 is 9.47 Å². The summed E-state index contributed by atoms with van der Waals surface area (Å²) in [6.45, 7) is 2.45. The summed E-state index contributed by atoms with van der Waals surface area (Å²) in [5, 5.41) is 9.67. The number of amides is 1. The molecule has 160 valence electrons. The number of nitrogens with zero attached hydrogens (tertiary/aromatic N) is 4. The smallest absolute Gasteiger partial charge is 0.240 e. The molecule has 6 heteroatoms. The van der Waals surface area contributed by atoms with Gasteiger partial charge in [-0.15, -0.1) is 10.2 Å². The Balaban J connectivity index is 1.46. The molecule has 0 N–H and O–H groups in total. The quantitative estimate of drug-likeness (QED) is 0.490. The maximum atomic E-state index is 13.6. The third-order valence-corrected chi connectivity index (χ3v) is 7.31. The Hall–Kier alpha value is -2.60. The van der Waals surface area contributed by atoms with Gasteiger partial charge in [0.1, 0.15) is 11.1 Å². The van der Waals surface area contributed by atoms with Gasteiger partial charge in [0.2, 0.25) is 5.91 Å². The first-order valence-corrected chi connectivity index (χ1v) is 12.1. The molecule has 0 bridgehead atoms. The van der Waals surface area contributed by atoms with Crippen LogP contribution < -0.4 is 0 Å². The average Bonchev–Trinajstić information content (AvgIpc) is 3.61. The molecule has 3 aromatic rings. The predicted molar refractivity (Wildman–Crippen MR) is 123 cm³/mol. The van der Waals surface area contributed by atoms with Crippen molar-refractivity contribution in [3.05, 3.63) is 77.6 Å². The molecule has 1 aromatic heterocycles. The van der Waals surface area contributed by atoms with Crippen LogP contribution in [0.1, 0.15) is 60.2 Å². The predicted octanol–water partition coefficient (Wildman–Crippen LogP) is 5.05. The van der Waals surface area contributed by atoms with Gasteiger partial charge in [-0.05, 0) is 43.2 Å². The summed E-state index contributed by atoms with van der Waals surface area (Å²) in [5.74, 6) is 1.75. The van der Waals surface area contributed by atoms with Crippen LogP contribution in [0.5, 0.6) is 0 Å². The van der Waals surface area contributed by atoms with Gasteiger partial charge in [-0.25, -0.2) is 0 Å². The maximum absolute atomic E-state index is 13.6. The molecule has 1 saturated heterocycles. The van der Waals surface area contributed by atoms with E-state index in [0.717, 1.165) is 49.0 Å². The van der Waals surface area contributed by atoms with Crippen LogP contribution >= 0.6 is 11.8 Å². The highest BCUT2D eigenvalue weighted by Gasteiger charge is 2.33. The fraction of sp³-hybridized carbons (Fsp3) is 0.400. The van der Waals surface area contributed by atoms with E-state index in [1.165, 1.54) is 24.8 Å². The summed E-state index contributed by atoms with van der Waals surface area (Å²) in [6, 6.07) is 20.6. The number of piperidine rings is 1. The van der Waals surface area contributed by atoms with Crippen molar-refractivity contribution in [3.8, 4) is 0 Å². The van der Waals surface area contributed by atoms with Gasteiger partial charge in [-0.2, -0.15) is 0 Å². The molecule has 0 unspecified atom stereocenters. The van der Waals surface area contributed by atoms with Gasteiger partial charge in [-0.1, -0.05) is 72.4 Å². The van der Waals surface area contributed by atoms with Gasteiger partial charge in [0.25, 0.3) is 0 Å². The van der Waals surface area contributed by atoms with Crippen molar-refractivity contribution < 1.29 is 4.79 Å². The highest BCUT2D eigenvalue weighted by atomic mass is 32.2. The molecule has 2 aromatic carbocycles. The SMILES string of the molecule is O=C([C@H](Sc1nnc(C2CC2)n1Cc1ccccc1)c1ccccc1)N1CCCCC1. The van der Waals surface area contributed by atoms with Crippen LogP contribution in [0.2, 0.25) is 0 Å². The average molecular weight is 433 g/mol. The molecule has 1 amide bonds. The van der Waals surface area contributed by atoms with E-state index >= 15 is 0 Å². The Bertz CT molecular complexity index is 1010. The van der Waals surface area contributed by atoms with E-state index < -0.39 is 0 Å². The number of hydrogen-bond acceptors (Lipinski definition) is 4. The fourth-order valence-electron chi connectivity index (χ4n) is 4.22. The summed E-state index contributed by atoms with van der Waals surface area (Å²) in [5.41, 5.74) is 2.26. The third kappa shape index (κ3) is 4.69. The highest BCUT2D eigenvalue weighted by molar-refractivity contribution is 8.00. The monoisotopic (exact) mass is 432 g/mol. The van der Waals surface area contributed by atoms with Crippen molar-refractivity contribution in [1.82, 2.24) is 19.7 Å². The van der Waals surface area contributed by atoms with Crippen molar-refractivity contribution >= 4 is 17.7 Å². The first kappa shape index (κ1) is 20.3. The number of benzene rings is 2. The molecule has 0 spiro atoms. The molecular weight excluding hydrogens is 404 g/mol. The van der Waals surface area contributed by atoms with Crippen LogP contribution in [-0.4, -0.2) is 38.7 Å². The van der Waals surface area contributed by atoms with E-state index in [-0.39, 0.29) is 11.2 Å². The lowest BCUT2D eigenvalue weighted by Gasteiger charge is -2.30. The van der Waals surface area contributed by atoms with Crippen molar-refractivity contribution in [1.29, 1.82) is 0 Å². The number of rotatable bonds is 7. The van der Waals surface area contributed by atoms with Crippen LogP contribution in [-0.2, 0) is 11.3 Å². The van der Waals surface area contributed by atoms with Crippen molar-refractivity contribution in [2.45, 2.75) is 55.0 Å². The Labute approximate surface area is 187 Å². The number of thioether (sulfide) groups is 1. The number of hydrogen-bond donors (Lipinski definition) is 0. The van der Waals surface area contributed by atoms with Crippen LogP contribution in [0.3, 0.4) is 0 Å². The van der Waals surface area contributed by atoms with Crippen LogP contribution in [0.15, 0.2) is 65.8 Å². The summed E-state index contributed by atoms with van der Waals surface area (Å²) in [7, 11) is 0. The van der Waals surface area contributed by atoms with Crippen LogP contribution in [0, 0.1) is 0 Å². The molecular formula is C25H28N4OS. The standard InChI is InChI=1S/C25H28N4OS/c30-24(28-16-8-3-9-17-28)22(20-12-6-2-7-13-20)31-25-27-26-23(21-14-15-21)29(25)18-19-10-4-1-5-11-19/h1-2,4-7,10-13,21-22H,3,8-9,14-18H2/t22-/m1/s1. The summed E-state index contributed by atoms with van der Waals surface area (Å²) in [6.07, 6.45) is 5.74. The minimum absolute atomic E-state index is 0.193. The van der Waals surface area contributed by atoms with Gasteiger partial charge >= 0.3 is 0 Å². The lowest BCUT2D eigenvalue weighted by molar-refractivity contribution is -0.131. The van der Waals surface area contributed by atoms with E-state index in [2.05, 4.69) is 51.2 Å². The highest BCUT2D eigenvalue weighted by Crippen LogP contribution is 2.42. The Morgan fingerprint density at radius 3 is 2.29 bits per heavy atom. The molecule has 31 heavy (non-hydrogen) atoms. The summed E-state index contributed by atoms with van der Waals surface area (Å²) < 4.78 is 2.23. The van der Waals surface area contributed by atoms with Gasteiger partial charge in [0.05, 0.1) is 6.54 Å². The Morgan fingerprint density at radius 2 is 1.61 bits per heavy atom. The topological polar surface area (TPSA) is 51.0 Å². The zero-order valence-electron chi connectivity index (χ0n) is 17.7. The molecule has 1 saturated carbocycles. The lowest BCUT2D eigenvalue weighted by atomic mass is 10.1. The second-order valence-electron chi connectivity index (χ2n) is 8.48. The molecule has 5 nitrogen and oxygen atoms in total. The minimum Gasteiger partial charge on any atom is -0.341 e. The first-order valence-electron chi connectivity index (χ1n) is 11.3. The van der Waals surface area contributed by atoms with Crippen molar-refractivity contribution in [2.24, 2.45) is 0 Å². The van der Waals surface area contributed by atoms with E-state index in [1.807, 2.05) is 29.2 Å². The van der Waals surface area contributed by atoms with Crippen molar-refractivity contribution in [2.75, 3.05) is 13.1 Å². The second-order valence-corrected chi connectivity index (χ2v) is 9.55. The van der Waals surface area contributed by atoms with Crippen LogP contribution in [0.25, 0.3) is 0 Å². The molecule has 2 aliphatic rings. The van der Waals surface area contributed by atoms with E-state index in [1.54, 1.807) is 11.8 Å². The third-order valence-electron chi connectivity index (χ3n) is 6.09. The zero-order valence-corrected chi connectivity index (χ0v) is 18.5. The lowest BCUT2D eigenvalue weighted by Crippen LogP contribution is -2.38. The van der Waals surface area contributed by atoms with Gasteiger partial charge in [0.15, 0.2) is 5.16 Å². The maximum Gasteiger partial charge on any atom is 0.240 e. The summed E-state index contributed by atoms with van der Waals surface area (Å²) >= 11 is 1.55. The molecule has 1 aliphatic heterocycles. The minimum atomic E-state index is -0.301. The zero-order chi connectivity index (χ0) is 21.0. The van der Waals surface area contributed by atoms with E-state index in [9.17, 15) is 4.79 Å². The molecule has 5 rings (SSSR count). The van der Waals surface area contributed by atoms with Gasteiger partial charge in [-0.3, -0.25) is 4.79 Å². The summed E-state index contributed by atoms with van der Waals surface area (Å²) in [4.78, 5) is 15.6. The normalized spacial score (nSPS) is 17.5. The number of likely N-dealkylation sites (tertiary alicyclic amines) is 1. The van der Waals surface area contributed by atoms with E-state index in [4.69, 9.17) is 0 Å². The fourth-order valence-corrected chi connectivity index (χ4v) is 5.35. The molecule has 2 heterocycles. The first-order chi connectivity index (χ1) is 15.3. The molecule has 1 aliphatic carbocycles. The van der Waals surface area contributed by atoms with E-state index in [0.29, 0.717) is 5.92 Å². The second kappa shape index (κ2) is 9.27. The number of carbonyl (C=O) groups is 1. The molecule has 1 atom stereocenters. The largest absolute Gasteiger partial charge is 0.341 e. The Kier molecular flexibility index (Phi) is 6.07.